The Kier molecular flexibility index (Phi) is 5.63. The van der Waals surface area contributed by atoms with Gasteiger partial charge in [-0.15, -0.1) is 0 Å². The molecule has 2 aromatic carbocycles. The highest BCUT2D eigenvalue weighted by atomic mass is 32.2. The number of nitrogens with one attached hydrogen (secondary N) is 1. The molecule has 0 radical (unpaired) electrons. The van der Waals surface area contributed by atoms with Crippen molar-refractivity contribution in [3.63, 3.8) is 0 Å². The number of rotatable bonds is 4. The Morgan fingerprint density at radius 3 is 2.50 bits per heavy atom. The second-order valence-electron chi connectivity index (χ2n) is 7.98. The highest BCUT2D eigenvalue weighted by Crippen LogP contribution is 2.37. The summed E-state index contributed by atoms with van der Waals surface area (Å²) < 4.78 is 23.8. The van der Waals surface area contributed by atoms with Gasteiger partial charge in [-0.1, -0.05) is 35.5 Å². The number of amides is 1. The van der Waals surface area contributed by atoms with E-state index in [1.807, 2.05) is 68.1 Å². The van der Waals surface area contributed by atoms with E-state index in [2.05, 4.69) is 5.32 Å². The van der Waals surface area contributed by atoms with Gasteiger partial charge in [-0.05, 0) is 56.2 Å². The van der Waals surface area contributed by atoms with Crippen molar-refractivity contribution >= 4 is 44.0 Å². The molecule has 2 atom stereocenters. The van der Waals surface area contributed by atoms with Crippen LogP contribution in [-0.2, 0) is 14.6 Å². The highest BCUT2D eigenvalue weighted by molar-refractivity contribution is 8.15. The lowest BCUT2D eigenvalue weighted by molar-refractivity contribution is -0.114. The molecule has 158 valence electrons. The van der Waals surface area contributed by atoms with Crippen LogP contribution in [0.15, 0.2) is 47.5 Å². The average molecular weight is 444 g/mol. The normalized spacial score (nSPS) is 21.8. The lowest BCUT2D eigenvalue weighted by Crippen LogP contribution is -2.36. The minimum Gasteiger partial charge on any atom is -0.325 e. The molecular formula is C22H25N3O3S2. The van der Waals surface area contributed by atoms with Crippen LogP contribution in [0.2, 0.25) is 0 Å². The number of hydrogen-bond acceptors (Lipinski definition) is 6. The number of thioether (sulfide) groups is 1. The molecule has 0 unspecified atom stereocenters. The van der Waals surface area contributed by atoms with Crippen LogP contribution < -0.4 is 10.2 Å². The second kappa shape index (κ2) is 8.07. The van der Waals surface area contributed by atoms with Crippen LogP contribution in [0.1, 0.15) is 16.7 Å². The Hall–Kier alpha value is -2.32. The summed E-state index contributed by atoms with van der Waals surface area (Å²) >= 11 is 1.46. The van der Waals surface area contributed by atoms with Crippen LogP contribution in [-0.4, -0.2) is 48.8 Å². The van der Waals surface area contributed by atoms with E-state index in [4.69, 9.17) is 4.99 Å². The summed E-state index contributed by atoms with van der Waals surface area (Å²) in [7, 11) is -3.02. The van der Waals surface area contributed by atoms with Crippen LogP contribution in [0, 0.1) is 20.8 Å². The summed E-state index contributed by atoms with van der Waals surface area (Å²) in [6, 6.07) is 13.5. The number of carbonyl (C=O) groups excluding carboxylic acids is 1. The average Bonchev–Trinajstić information content (AvgIpc) is 3.17. The maximum Gasteiger partial charge on any atom is 0.244 e. The van der Waals surface area contributed by atoms with E-state index >= 15 is 0 Å². The molecular weight excluding hydrogens is 418 g/mol. The molecule has 0 saturated carbocycles. The lowest BCUT2D eigenvalue weighted by atomic mass is 10.1. The number of nitrogens with zero attached hydrogens (tertiary/aromatic N) is 2. The number of sulfone groups is 1. The van der Waals surface area contributed by atoms with Crippen molar-refractivity contribution in [2.24, 2.45) is 4.99 Å². The number of hydrogen-bond donors (Lipinski definition) is 1. The first kappa shape index (κ1) is 20.9. The number of fused-ring (bicyclic) bond motifs is 1. The van der Waals surface area contributed by atoms with Gasteiger partial charge in [-0.2, -0.15) is 0 Å². The number of aryl methyl sites for hydroxylation is 3. The molecule has 1 amide bonds. The van der Waals surface area contributed by atoms with Crippen LogP contribution in [0.3, 0.4) is 0 Å². The second-order valence-corrected chi connectivity index (χ2v) is 11.3. The van der Waals surface area contributed by atoms with Gasteiger partial charge < -0.3 is 10.2 Å². The Labute approximate surface area is 181 Å². The quantitative estimate of drug-likeness (QED) is 0.784. The fourth-order valence-electron chi connectivity index (χ4n) is 3.61. The summed E-state index contributed by atoms with van der Waals surface area (Å²) in [4.78, 5) is 19.4. The molecule has 0 bridgehead atoms. The third kappa shape index (κ3) is 4.54. The molecule has 2 heterocycles. The van der Waals surface area contributed by atoms with E-state index in [0.29, 0.717) is 5.17 Å². The zero-order chi connectivity index (χ0) is 21.5. The van der Waals surface area contributed by atoms with Crippen molar-refractivity contribution in [2.75, 3.05) is 28.3 Å². The SMILES string of the molecule is Cc1ccc(NC(=O)CN(C2=N[C@@H]3CS(=O)(=O)C[C@H]3S2)c2ccc(C)c(C)c2)cc1. The van der Waals surface area contributed by atoms with E-state index in [1.165, 1.54) is 17.3 Å². The van der Waals surface area contributed by atoms with Crippen molar-refractivity contribution < 1.29 is 13.2 Å². The molecule has 1 N–H and O–H groups in total. The van der Waals surface area contributed by atoms with Gasteiger partial charge in [0.2, 0.25) is 5.91 Å². The van der Waals surface area contributed by atoms with Crippen molar-refractivity contribution in [1.82, 2.24) is 0 Å². The van der Waals surface area contributed by atoms with Gasteiger partial charge in [-0.25, -0.2) is 8.42 Å². The maximum atomic E-state index is 12.8. The van der Waals surface area contributed by atoms with Gasteiger partial charge >= 0.3 is 0 Å². The molecule has 0 spiro atoms. The molecule has 2 aliphatic rings. The predicted molar refractivity (Wildman–Crippen MR) is 124 cm³/mol. The molecule has 1 fully saturated rings. The van der Waals surface area contributed by atoms with Gasteiger partial charge in [0, 0.05) is 16.6 Å². The Morgan fingerprint density at radius 1 is 1.10 bits per heavy atom. The number of aliphatic imine (C=N–C) groups is 1. The lowest BCUT2D eigenvalue weighted by Gasteiger charge is -2.25. The number of benzene rings is 2. The van der Waals surface area contributed by atoms with E-state index in [9.17, 15) is 13.2 Å². The first-order chi connectivity index (χ1) is 14.2. The molecule has 30 heavy (non-hydrogen) atoms. The largest absolute Gasteiger partial charge is 0.325 e. The number of anilines is 2. The Balaban J connectivity index is 1.58. The fourth-order valence-corrected chi connectivity index (χ4v) is 7.40. The fraction of sp³-hybridized carbons (Fsp3) is 0.364. The van der Waals surface area contributed by atoms with Gasteiger partial charge in [0.05, 0.1) is 17.5 Å². The zero-order valence-electron chi connectivity index (χ0n) is 17.3. The Morgan fingerprint density at radius 2 is 1.83 bits per heavy atom. The van der Waals surface area contributed by atoms with Gasteiger partial charge in [0.15, 0.2) is 15.0 Å². The monoisotopic (exact) mass is 443 g/mol. The standard InChI is InChI=1S/C22H25N3O3S2/c1-14-4-7-17(8-5-14)23-21(26)11-25(18-9-6-15(2)16(3)10-18)22-24-19-12-30(27,28)13-20(19)29-22/h4-10,19-20H,11-13H2,1-3H3,(H,23,26)/t19-,20-/m1/s1. The van der Waals surface area contributed by atoms with E-state index in [1.54, 1.807) is 0 Å². The third-order valence-electron chi connectivity index (χ3n) is 5.48. The van der Waals surface area contributed by atoms with Crippen molar-refractivity contribution in [3.8, 4) is 0 Å². The van der Waals surface area contributed by atoms with Gasteiger partial charge in [0.1, 0.15) is 6.54 Å². The first-order valence-electron chi connectivity index (χ1n) is 9.86. The smallest absolute Gasteiger partial charge is 0.244 e. The van der Waals surface area contributed by atoms with Crippen LogP contribution in [0.4, 0.5) is 11.4 Å². The predicted octanol–water partition coefficient (Wildman–Crippen LogP) is 3.33. The molecule has 6 nitrogen and oxygen atoms in total. The van der Waals surface area contributed by atoms with Gasteiger partial charge in [-0.3, -0.25) is 9.79 Å². The van der Waals surface area contributed by atoms with E-state index in [0.717, 1.165) is 22.5 Å². The van der Waals surface area contributed by atoms with Crippen molar-refractivity contribution in [3.05, 3.63) is 59.2 Å². The summed E-state index contributed by atoms with van der Waals surface area (Å²) in [5.74, 6) is 0.0842. The maximum absolute atomic E-state index is 12.8. The molecule has 1 saturated heterocycles. The summed E-state index contributed by atoms with van der Waals surface area (Å²) in [6.45, 7) is 6.19. The van der Waals surface area contributed by atoms with Gasteiger partial charge in [0.25, 0.3) is 0 Å². The van der Waals surface area contributed by atoms with Crippen LogP contribution in [0.25, 0.3) is 0 Å². The molecule has 2 aromatic rings. The topological polar surface area (TPSA) is 78.8 Å². The molecule has 0 aliphatic carbocycles. The third-order valence-corrected chi connectivity index (χ3v) is 8.72. The first-order valence-corrected chi connectivity index (χ1v) is 12.6. The number of amidine groups is 1. The minimum absolute atomic E-state index is 0.0702. The minimum atomic E-state index is -3.02. The van der Waals surface area contributed by atoms with E-state index in [-0.39, 0.29) is 35.2 Å². The summed E-state index contributed by atoms with van der Waals surface area (Å²) in [6.07, 6.45) is 0. The molecule has 4 rings (SSSR count). The van der Waals surface area contributed by atoms with Crippen LogP contribution in [0.5, 0.6) is 0 Å². The summed E-state index contributed by atoms with van der Waals surface area (Å²) in [5, 5.41) is 3.58. The van der Waals surface area contributed by atoms with E-state index < -0.39 is 9.84 Å². The van der Waals surface area contributed by atoms with Crippen LogP contribution >= 0.6 is 11.8 Å². The summed E-state index contributed by atoms with van der Waals surface area (Å²) in [5.41, 5.74) is 5.05. The molecule has 2 aliphatic heterocycles. The molecule has 8 heteroatoms. The van der Waals surface area contributed by atoms with Crippen molar-refractivity contribution in [2.45, 2.75) is 32.1 Å². The zero-order valence-corrected chi connectivity index (χ0v) is 18.9. The Bertz CT molecular complexity index is 1110. The highest BCUT2D eigenvalue weighted by Gasteiger charge is 2.44. The van der Waals surface area contributed by atoms with Crippen molar-refractivity contribution in [1.29, 1.82) is 0 Å². The number of carbonyl (C=O) groups is 1. The molecule has 0 aromatic heterocycles.